The van der Waals surface area contributed by atoms with Crippen LogP contribution in [0.1, 0.15) is 50.6 Å². The van der Waals surface area contributed by atoms with E-state index in [1.165, 1.54) is 18.3 Å². The first-order valence-corrected chi connectivity index (χ1v) is 19.0. The highest BCUT2D eigenvalue weighted by Gasteiger charge is 2.19. The molecule has 56 heavy (non-hydrogen) atoms. The SMILES string of the molecule is CCCOCCOCCOCCOCCOc1ccc(-c2ccc(C(CC(=O)O)NC(=O)CNC(=O)CCCCNc3cc(F)ccn3)cc2)c2ccccc12. The number of ether oxygens (including phenoxy) is 5. The maximum Gasteiger partial charge on any atom is 0.305 e. The lowest BCUT2D eigenvalue weighted by molar-refractivity contribution is -0.138. The van der Waals surface area contributed by atoms with Gasteiger partial charge in [-0.3, -0.25) is 14.4 Å². The molecular formula is C42H53FN4O9. The number of rotatable bonds is 28. The van der Waals surface area contributed by atoms with Crippen LogP contribution in [0.4, 0.5) is 10.2 Å². The van der Waals surface area contributed by atoms with Gasteiger partial charge >= 0.3 is 5.97 Å². The summed E-state index contributed by atoms with van der Waals surface area (Å²) in [6.45, 7) is 6.89. The molecule has 14 heteroatoms. The van der Waals surface area contributed by atoms with Crippen molar-refractivity contribution >= 4 is 34.4 Å². The van der Waals surface area contributed by atoms with E-state index in [2.05, 4.69) is 27.9 Å². The largest absolute Gasteiger partial charge is 0.491 e. The molecule has 1 aromatic heterocycles. The maximum atomic E-state index is 13.3. The molecule has 0 spiro atoms. The number of unbranched alkanes of at least 4 members (excludes halogenated alkanes) is 1. The number of carbonyl (C=O) groups is 3. The molecule has 0 radical (unpaired) electrons. The number of nitrogens with zero attached hydrogens (tertiary/aromatic N) is 1. The lowest BCUT2D eigenvalue weighted by Gasteiger charge is -2.19. The van der Waals surface area contributed by atoms with Crippen LogP contribution in [0, 0.1) is 5.82 Å². The zero-order valence-corrected chi connectivity index (χ0v) is 31.9. The number of anilines is 1. The van der Waals surface area contributed by atoms with E-state index in [0.717, 1.165) is 40.7 Å². The highest BCUT2D eigenvalue weighted by atomic mass is 19.1. The summed E-state index contributed by atoms with van der Waals surface area (Å²) in [5.74, 6) is -1.11. The maximum absolute atomic E-state index is 13.3. The molecule has 0 aliphatic heterocycles. The summed E-state index contributed by atoms with van der Waals surface area (Å²) >= 11 is 0. The molecule has 3 aromatic carbocycles. The van der Waals surface area contributed by atoms with E-state index in [-0.39, 0.29) is 31.1 Å². The Labute approximate surface area is 327 Å². The molecule has 4 N–H and O–H groups in total. The summed E-state index contributed by atoms with van der Waals surface area (Å²) in [6, 6.07) is 21.0. The third-order valence-electron chi connectivity index (χ3n) is 8.48. The van der Waals surface area contributed by atoms with Crippen molar-refractivity contribution in [1.29, 1.82) is 0 Å². The van der Waals surface area contributed by atoms with Gasteiger partial charge in [-0.05, 0) is 53.5 Å². The first kappa shape index (κ1) is 43.6. The average Bonchev–Trinajstić information content (AvgIpc) is 3.19. The van der Waals surface area contributed by atoms with Crippen LogP contribution in [-0.2, 0) is 33.3 Å². The Kier molecular flexibility index (Phi) is 19.5. The summed E-state index contributed by atoms with van der Waals surface area (Å²) in [4.78, 5) is 40.8. The minimum Gasteiger partial charge on any atom is -0.491 e. The van der Waals surface area contributed by atoms with Gasteiger partial charge in [0.05, 0.1) is 65.3 Å². The standard InChI is InChI=1S/C42H53FN4O9/c1-2-19-52-20-21-53-22-23-54-24-25-55-26-27-56-38-15-14-34(35-7-3-4-8-36(35)38)31-10-12-32(13-11-31)37(29-42(50)51)47-41(49)30-46-40(48)9-5-6-17-44-39-28-33(43)16-18-45-39/h3-4,7-8,10-16,18,28,37H,2,5-6,9,17,19-27,29-30H2,1H3,(H,44,45)(H,46,48)(H,47,49)(H,50,51). The van der Waals surface area contributed by atoms with Gasteiger partial charge in [0.1, 0.15) is 24.0 Å². The molecule has 1 unspecified atom stereocenters. The number of carboxylic acid groups (broad SMARTS) is 1. The third-order valence-corrected chi connectivity index (χ3v) is 8.48. The van der Waals surface area contributed by atoms with E-state index in [1.807, 2.05) is 48.5 Å². The Morgan fingerprint density at radius 3 is 2.09 bits per heavy atom. The second-order valence-corrected chi connectivity index (χ2v) is 12.8. The van der Waals surface area contributed by atoms with Gasteiger partial charge in [-0.15, -0.1) is 0 Å². The molecule has 0 bridgehead atoms. The monoisotopic (exact) mass is 776 g/mol. The number of fused-ring (bicyclic) bond motifs is 1. The zero-order chi connectivity index (χ0) is 39.8. The Morgan fingerprint density at radius 1 is 0.768 bits per heavy atom. The smallest absolute Gasteiger partial charge is 0.305 e. The number of carbonyl (C=O) groups excluding carboxylic acids is 2. The normalized spacial score (nSPS) is 11.6. The fourth-order valence-corrected chi connectivity index (χ4v) is 5.73. The number of carboxylic acids is 1. The van der Waals surface area contributed by atoms with Gasteiger partial charge < -0.3 is 44.7 Å². The van der Waals surface area contributed by atoms with E-state index >= 15 is 0 Å². The summed E-state index contributed by atoms with van der Waals surface area (Å²) in [5.41, 5.74) is 2.49. The fraction of sp³-hybridized carbons (Fsp3) is 0.429. The number of nitrogens with one attached hydrogen (secondary N) is 3. The number of aliphatic carboxylic acids is 1. The third kappa shape index (κ3) is 15.9. The number of hydrogen-bond acceptors (Lipinski definition) is 10. The molecule has 13 nitrogen and oxygen atoms in total. The predicted molar refractivity (Wildman–Crippen MR) is 211 cm³/mol. The minimum atomic E-state index is -1.07. The molecule has 1 heterocycles. The Morgan fingerprint density at radius 2 is 1.43 bits per heavy atom. The quantitative estimate of drug-likeness (QED) is 0.0506. The Balaban J connectivity index is 1.21. The van der Waals surface area contributed by atoms with Crippen molar-refractivity contribution < 1.29 is 47.6 Å². The molecule has 4 aromatic rings. The number of hydrogen-bond donors (Lipinski definition) is 4. The molecule has 4 rings (SSSR count). The van der Waals surface area contributed by atoms with Crippen molar-refractivity contribution in [3.8, 4) is 16.9 Å². The second-order valence-electron chi connectivity index (χ2n) is 12.8. The van der Waals surface area contributed by atoms with Gasteiger partial charge in [0.25, 0.3) is 0 Å². The molecule has 0 saturated carbocycles. The van der Waals surface area contributed by atoms with Gasteiger partial charge in [0.15, 0.2) is 0 Å². The summed E-state index contributed by atoms with van der Waals surface area (Å²) in [5, 5.41) is 19.8. The van der Waals surface area contributed by atoms with Gasteiger partial charge in [-0.25, -0.2) is 9.37 Å². The molecular weight excluding hydrogens is 723 g/mol. The molecule has 302 valence electrons. The molecule has 0 aliphatic carbocycles. The van der Waals surface area contributed by atoms with E-state index in [0.29, 0.717) is 83.6 Å². The number of halogens is 1. The van der Waals surface area contributed by atoms with Crippen molar-refractivity contribution in [3.63, 3.8) is 0 Å². The lowest BCUT2D eigenvalue weighted by atomic mass is 9.95. The molecule has 0 aliphatic rings. The number of pyridine rings is 1. The first-order valence-electron chi connectivity index (χ1n) is 19.0. The van der Waals surface area contributed by atoms with E-state index in [9.17, 15) is 23.9 Å². The summed E-state index contributed by atoms with van der Waals surface area (Å²) in [7, 11) is 0. The van der Waals surface area contributed by atoms with Gasteiger partial charge in [0, 0.05) is 37.2 Å². The van der Waals surface area contributed by atoms with Crippen molar-refractivity contribution in [3.05, 3.63) is 90.4 Å². The van der Waals surface area contributed by atoms with Crippen LogP contribution in [0.3, 0.4) is 0 Å². The van der Waals surface area contributed by atoms with Crippen molar-refractivity contribution in [2.24, 2.45) is 0 Å². The number of amides is 2. The lowest BCUT2D eigenvalue weighted by Crippen LogP contribution is -2.39. The topological polar surface area (TPSA) is 167 Å². The van der Waals surface area contributed by atoms with Gasteiger partial charge in [-0.2, -0.15) is 0 Å². The average molecular weight is 777 g/mol. The molecule has 0 fully saturated rings. The Hall–Kier alpha value is -5.15. The van der Waals surface area contributed by atoms with Gasteiger partial charge in [-0.1, -0.05) is 61.5 Å². The van der Waals surface area contributed by atoms with Crippen LogP contribution >= 0.6 is 0 Å². The van der Waals surface area contributed by atoms with E-state index in [1.54, 1.807) is 12.1 Å². The van der Waals surface area contributed by atoms with Gasteiger partial charge in [0.2, 0.25) is 11.8 Å². The Bertz CT molecular complexity index is 1790. The summed E-state index contributed by atoms with van der Waals surface area (Å²) < 4.78 is 41.4. The first-order chi connectivity index (χ1) is 27.3. The zero-order valence-electron chi connectivity index (χ0n) is 31.9. The fourth-order valence-electron chi connectivity index (χ4n) is 5.73. The van der Waals surface area contributed by atoms with Crippen LogP contribution in [0.5, 0.6) is 5.75 Å². The number of aromatic nitrogens is 1. The van der Waals surface area contributed by atoms with Crippen LogP contribution in [-0.4, -0.2) is 100 Å². The predicted octanol–water partition coefficient (Wildman–Crippen LogP) is 5.93. The van der Waals surface area contributed by atoms with E-state index < -0.39 is 17.9 Å². The molecule has 0 saturated heterocycles. The van der Waals surface area contributed by atoms with Crippen LogP contribution in [0.15, 0.2) is 79.0 Å². The minimum absolute atomic E-state index is 0.200. The molecule has 2 amide bonds. The highest BCUT2D eigenvalue weighted by molar-refractivity contribution is 6.00. The molecule has 1 atom stereocenters. The van der Waals surface area contributed by atoms with E-state index in [4.69, 9.17) is 23.7 Å². The van der Waals surface area contributed by atoms with Crippen LogP contribution < -0.4 is 20.7 Å². The van der Waals surface area contributed by atoms with Crippen LogP contribution in [0.2, 0.25) is 0 Å². The number of benzene rings is 3. The van der Waals surface area contributed by atoms with Crippen LogP contribution in [0.25, 0.3) is 21.9 Å². The van der Waals surface area contributed by atoms with Crippen molar-refractivity contribution in [1.82, 2.24) is 15.6 Å². The van der Waals surface area contributed by atoms with Crippen molar-refractivity contribution in [2.45, 2.75) is 45.1 Å². The summed E-state index contributed by atoms with van der Waals surface area (Å²) in [6.07, 6.45) is 3.43. The highest BCUT2D eigenvalue weighted by Crippen LogP contribution is 2.35. The van der Waals surface area contributed by atoms with Crippen molar-refractivity contribution in [2.75, 3.05) is 77.9 Å². The second kappa shape index (κ2) is 25.1.